The van der Waals surface area contributed by atoms with E-state index in [1.165, 1.54) is 24.3 Å². The summed E-state index contributed by atoms with van der Waals surface area (Å²) < 4.78 is 5.56. The molecule has 0 unspecified atom stereocenters. The lowest BCUT2D eigenvalue weighted by atomic mass is 10.1. The van der Waals surface area contributed by atoms with Crippen molar-refractivity contribution in [3.05, 3.63) is 56.1 Å². The highest BCUT2D eigenvalue weighted by molar-refractivity contribution is 8.18. The average molecular weight is 351 g/mol. The number of nitrogens with zero attached hydrogens (tertiary/aromatic N) is 1. The van der Waals surface area contributed by atoms with E-state index in [1.807, 2.05) is 0 Å². The zero-order valence-corrected chi connectivity index (χ0v) is 12.8. The molecule has 0 bridgehead atoms. The normalized spacial score (nSPS) is 16.0. The molecule has 2 amide bonds. The molecule has 2 heterocycles. The lowest BCUT2D eigenvalue weighted by Crippen LogP contribution is -2.17. The van der Waals surface area contributed by atoms with Gasteiger partial charge in [-0.05, 0) is 30.0 Å². The summed E-state index contributed by atoms with van der Waals surface area (Å²) in [5, 5.41) is 12.6. The SMILES string of the molecule is O=C1NC(=O)/C(=C\c2ccc(-c3ccc([N+](=O)[O-])cc3Cl)o2)S1. The maximum Gasteiger partial charge on any atom is 0.290 e. The maximum atomic E-state index is 11.5. The van der Waals surface area contributed by atoms with Crippen LogP contribution in [0.1, 0.15) is 5.76 Å². The summed E-state index contributed by atoms with van der Waals surface area (Å²) in [6, 6.07) is 7.27. The molecule has 116 valence electrons. The van der Waals surface area contributed by atoms with Gasteiger partial charge in [-0.1, -0.05) is 11.6 Å². The largest absolute Gasteiger partial charge is 0.457 e. The third kappa shape index (κ3) is 3.13. The number of nitrogens with one attached hydrogen (secondary N) is 1. The van der Waals surface area contributed by atoms with Crippen LogP contribution in [0.15, 0.2) is 39.7 Å². The van der Waals surface area contributed by atoms with E-state index in [0.29, 0.717) is 17.1 Å². The highest BCUT2D eigenvalue weighted by atomic mass is 35.5. The van der Waals surface area contributed by atoms with Gasteiger partial charge in [0.1, 0.15) is 11.5 Å². The van der Waals surface area contributed by atoms with Crippen LogP contribution in [0.5, 0.6) is 0 Å². The van der Waals surface area contributed by atoms with Gasteiger partial charge in [0, 0.05) is 23.8 Å². The standard InChI is InChI=1S/C14H7ClN2O5S/c15-10-5-7(17(20)21)1-3-9(10)11-4-2-8(22-11)6-12-13(18)16-14(19)23-12/h1-6H,(H,16,18,19)/b12-6+. The van der Waals surface area contributed by atoms with E-state index < -0.39 is 16.1 Å². The Balaban J connectivity index is 1.91. The van der Waals surface area contributed by atoms with E-state index in [-0.39, 0.29) is 15.6 Å². The molecular formula is C14H7ClN2O5S. The van der Waals surface area contributed by atoms with Crippen molar-refractivity contribution >= 4 is 46.3 Å². The fourth-order valence-corrected chi connectivity index (χ4v) is 2.87. The molecule has 1 N–H and O–H groups in total. The molecule has 1 saturated heterocycles. The molecular weight excluding hydrogens is 344 g/mol. The fourth-order valence-electron chi connectivity index (χ4n) is 1.94. The van der Waals surface area contributed by atoms with Crippen LogP contribution in [0.4, 0.5) is 10.5 Å². The van der Waals surface area contributed by atoms with Crippen molar-refractivity contribution in [1.29, 1.82) is 0 Å². The molecule has 0 saturated carbocycles. The molecule has 0 radical (unpaired) electrons. The first-order valence-electron chi connectivity index (χ1n) is 6.23. The number of halogens is 1. The van der Waals surface area contributed by atoms with Crippen molar-refractivity contribution in [3.8, 4) is 11.3 Å². The van der Waals surface area contributed by atoms with E-state index in [4.69, 9.17) is 16.0 Å². The second-order valence-electron chi connectivity index (χ2n) is 4.48. The third-order valence-electron chi connectivity index (χ3n) is 2.97. The molecule has 1 fully saturated rings. The number of carbonyl (C=O) groups excluding carboxylic acids is 2. The van der Waals surface area contributed by atoms with Gasteiger partial charge in [-0.25, -0.2) is 0 Å². The summed E-state index contributed by atoms with van der Waals surface area (Å²) in [6.07, 6.45) is 1.44. The van der Waals surface area contributed by atoms with Crippen LogP contribution in [0.2, 0.25) is 5.02 Å². The van der Waals surface area contributed by atoms with E-state index in [2.05, 4.69) is 5.32 Å². The molecule has 23 heavy (non-hydrogen) atoms. The number of amides is 2. The first kappa shape index (κ1) is 15.3. The Hall–Kier alpha value is -2.58. The van der Waals surface area contributed by atoms with E-state index >= 15 is 0 Å². The number of rotatable bonds is 3. The summed E-state index contributed by atoms with van der Waals surface area (Å²) in [7, 11) is 0. The van der Waals surface area contributed by atoms with Crippen molar-refractivity contribution in [1.82, 2.24) is 5.32 Å². The van der Waals surface area contributed by atoms with E-state index in [1.54, 1.807) is 12.1 Å². The number of thioether (sulfide) groups is 1. The summed E-state index contributed by atoms with van der Waals surface area (Å²) >= 11 is 6.82. The predicted octanol–water partition coefficient (Wildman–Crippen LogP) is 3.83. The smallest absolute Gasteiger partial charge is 0.290 e. The Morgan fingerprint density at radius 3 is 2.65 bits per heavy atom. The van der Waals surface area contributed by atoms with E-state index in [9.17, 15) is 19.7 Å². The lowest BCUT2D eigenvalue weighted by molar-refractivity contribution is -0.384. The van der Waals surface area contributed by atoms with Crippen molar-refractivity contribution < 1.29 is 18.9 Å². The average Bonchev–Trinajstić information content (AvgIpc) is 3.06. The van der Waals surface area contributed by atoms with Crippen molar-refractivity contribution in [2.24, 2.45) is 0 Å². The molecule has 0 atom stereocenters. The Morgan fingerprint density at radius 1 is 1.26 bits per heavy atom. The zero-order chi connectivity index (χ0) is 16.6. The quantitative estimate of drug-likeness (QED) is 0.512. The van der Waals surface area contributed by atoms with Crippen LogP contribution in [0, 0.1) is 10.1 Å². The highest BCUT2D eigenvalue weighted by Crippen LogP contribution is 2.33. The van der Waals surface area contributed by atoms with Crippen molar-refractivity contribution in [3.63, 3.8) is 0 Å². The number of nitro benzene ring substituents is 1. The van der Waals surface area contributed by atoms with Gasteiger partial charge in [0.05, 0.1) is 14.9 Å². The number of imide groups is 1. The Morgan fingerprint density at radius 2 is 2.04 bits per heavy atom. The Labute approximate surface area is 138 Å². The first-order chi connectivity index (χ1) is 10.9. The van der Waals surface area contributed by atoms with Gasteiger partial charge >= 0.3 is 0 Å². The number of nitro groups is 1. The molecule has 2 aromatic rings. The number of non-ortho nitro benzene ring substituents is 1. The van der Waals surface area contributed by atoms with Crippen LogP contribution in [0.3, 0.4) is 0 Å². The van der Waals surface area contributed by atoms with Gasteiger partial charge in [0.25, 0.3) is 16.8 Å². The first-order valence-corrected chi connectivity index (χ1v) is 7.42. The fraction of sp³-hybridized carbons (Fsp3) is 0. The van der Waals surface area contributed by atoms with Crippen LogP contribution in [-0.4, -0.2) is 16.1 Å². The number of hydrogen-bond donors (Lipinski definition) is 1. The van der Waals surface area contributed by atoms with Gasteiger partial charge < -0.3 is 4.42 Å². The second kappa shape index (κ2) is 5.90. The minimum atomic E-state index is -0.541. The third-order valence-corrected chi connectivity index (χ3v) is 4.09. The lowest BCUT2D eigenvalue weighted by Gasteiger charge is -2.00. The molecule has 1 aromatic carbocycles. The van der Waals surface area contributed by atoms with Gasteiger partial charge in [-0.3, -0.25) is 25.0 Å². The zero-order valence-electron chi connectivity index (χ0n) is 11.2. The van der Waals surface area contributed by atoms with Crippen LogP contribution >= 0.6 is 23.4 Å². The van der Waals surface area contributed by atoms with Gasteiger partial charge in [-0.15, -0.1) is 0 Å². The van der Waals surface area contributed by atoms with Gasteiger partial charge in [0.2, 0.25) is 0 Å². The summed E-state index contributed by atoms with van der Waals surface area (Å²) in [6.45, 7) is 0. The highest BCUT2D eigenvalue weighted by Gasteiger charge is 2.25. The molecule has 7 nitrogen and oxygen atoms in total. The van der Waals surface area contributed by atoms with Crippen molar-refractivity contribution in [2.45, 2.75) is 0 Å². The van der Waals surface area contributed by atoms with Crippen LogP contribution in [-0.2, 0) is 4.79 Å². The number of furan rings is 1. The predicted molar refractivity (Wildman–Crippen MR) is 84.9 cm³/mol. The summed E-state index contributed by atoms with van der Waals surface area (Å²) in [5.41, 5.74) is 0.367. The monoisotopic (exact) mass is 350 g/mol. The molecule has 0 aliphatic carbocycles. The second-order valence-corrected chi connectivity index (χ2v) is 5.90. The minimum absolute atomic E-state index is 0.120. The molecule has 3 rings (SSSR count). The van der Waals surface area contributed by atoms with Gasteiger partial charge in [-0.2, -0.15) is 0 Å². The minimum Gasteiger partial charge on any atom is -0.457 e. The number of hydrogen-bond acceptors (Lipinski definition) is 6. The molecule has 1 aliphatic heterocycles. The topological polar surface area (TPSA) is 102 Å². The molecule has 1 aliphatic rings. The van der Waals surface area contributed by atoms with E-state index in [0.717, 1.165) is 11.8 Å². The van der Waals surface area contributed by atoms with Gasteiger partial charge in [0.15, 0.2) is 0 Å². The van der Waals surface area contributed by atoms with Crippen molar-refractivity contribution in [2.75, 3.05) is 0 Å². The molecule has 1 aromatic heterocycles. The summed E-state index contributed by atoms with van der Waals surface area (Å²) in [5.74, 6) is 0.277. The number of carbonyl (C=O) groups is 2. The maximum absolute atomic E-state index is 11.5. The number of benzene rings is 1. The Kier molecular flexibility index (Phi) is 3.93. The molecule has 0 spiro atoms. The Bertz CT molecular complexity index is 874. The van der Waals surface area contributed by atoms with Crippen LogP contribution < -0.4 is 5.32 Å². The molecule has 9 heteroatoms. The van der Waals surface area contributed by atoms with Crippen LogP contribution in [0.25, 0.3) is 17.4 Å². The summed E-state index contributed by atoms with van der Waals surface area (Å²) in [4.78, 5) is 33.0.